The van der Waals surface area contributed by atoms with Crippen molar-refractivity contribution in [2.75, 3.05) is 7.11 Å². The number of methoxy groups -OCH3 is 1. The monoisotopic (exact) mass is 253 g/mol. The van der Waals surface area contributed by atoms with E-state index >= 15 is 0 Å². The molecule has 0 spiro atoms. The van der Waals surface area contributed by atoms with Crippen LogP contribution in [0.2, 0.25) is 0 Å². The molecule has 1 aromatic carbocycles. The van der Waals surface area contributed by atoms with Crippen LogP contribution in [0.3, 0.4) is 0 Å². The number of carbonyl (C=O) groups is 1. The highest BCUT2D eigenvalue weighted by Crippen LogP contribution is 2.10. The van der Waals surface area contributed by atoms with Gasteiger partial charge in [-0.25, -0.2) is 4.39 Å². The van der Waals surface area contributed by atoms with Crippen molar-refractivity contribution in [3.63, 3.8) is 0 Å². The minimum absolute atomic E-state index is 0.0166. The van der Waals surface area contributed by atoms with E-state index in [1.807, 2.05) is 13.8 Å². The summed E-state index contributed by atoms with van der Waals surface area (Å²) in [6.07, 6.45) is 0.294. The molecule has 3 nitrogen and oxygen atoms in total. The highest BCUT2D eigenvalue weighted by atomic mass is 19.1. The lowest BCUT2D eigenvalue weighted by Crippen LogP contribution is -2.36. The molecule has 0 aliphatic heterocycles. The first-order chi connectivity index (χ1) is 8.54. The molecule has 1 unspecified atom stereocenters. The maximum absolute atomic E-state index is 13.4. The summed E-state index contributed by atoms with van der Waals surface area (Å²) < 4.78 is 18.1. The van der Waals surface area contributed by atoms with Crippen LogP contribution in [-0.2, 0) is 16.1 Å². The smallest absolute Gasteiger partial charge is 0.307 e. The van der Waals surface area contributed by atoms with E-state index in [0.29, 0.717) is 18.5 Å². The Hall–Kier alpha value is -1.42. The summed E-state index contributed by atoms with van der Waals surface area (Å²) in [6, 6.07) is 6.61. The summed E-state index contributed by atoms with van der Waals surface area (Å²) in [5.41, 5.74) is 0.605. The van der Waals surface area contributed by atoms with Gasteiger partial charge in [-0.1, -0.05) is 32.0 Å². The molecule has 0 amide bonds. The number of ether oxygens (including phenoxy) is 1. The molecule has 1 atom stereocenters. The van der Waals surface area contributed by atoms with Crippen LogP contribution in [0.25, 0.3) is 0 Å². The second-order valence-electron chi connectivity index (χ2n) is 4.60. The third-order valence-corrected chi connectivity index (χ3v) is 2.93. The molecule has 0 aliphatic rings. The lowest BCUT2D eigenvalue weighted by atomic mass is 10.0. The van der Waals surface area contributed by atoms with Crippen molar-refractivity contribution in [2.45, 2.75) is 32.9 Å². The number of esters is 1. The topological polar surface area (TPSA) is 38.3 Å². The Morgan fingerprint density at radius 2 is 2.06 bits per heavy atom. The van der Waals surface area contributed by atoms with Gasteiger partial charge in [-0.2, -0.15) is 0 Å². The zero-order valence-corrected chi connectivity index (χ0v) is 11.1. The third-order valence-electron chi connectivity index (χ3n) is 2.93. The average Bonchev–Trinajstić information content (AvgIpc) is 2.35. The van der Waals surface area contributed by atoms with Gasteiger partial charge in [0.25, 0.3) is 0 Å². The predicted molar refractivity (Wildman–Crippen MR) is 68.5 cm³/mol. The molecule has 0 radical (unpaired) electrons. The zero-order chi connectivity index (χ0) is 13.5. The van der Waals surface area contributed by atoms with Crippen molar-refractivity contribution in [3.8, 4) is 0 Å². The third kappa shape index (κ3) is 4.45. The van der Waals surface area contributed by atoms with Crippen LogP contribution in [0, 0.1) is 11.7 Å². The van der Waals surface area contributed by atoms with Crippen LogP contribution in [0.1, 0.15) is 25.8 Å². The summed E-state index contributed by atoms with van der Waals surface area (Å²) in [6.45, 7) is 4.44. The molecule has 100 valence electrons. The van der Waals surface area contributed by atoms with Crippen molar-refractivity contribution < 1.29 is 13.9 Å². The summed E-state index contributed by atoms with van der Waals surface area (Å²) >= 11 is 0. The zero-order valence-electron chi connectivity index (χ0n) is 11.1. The first-order valence-electron chi connectivity index (χ1n) is 6.08. The second-order valence-corrected chi connectivity index (χ2v) is 4.60. The molecule has 0 fully saturated rings. The fraction of sp³-hybridized carbons (Fsp3) is 0.500. The molecular weight excluding hydrogens is 233 g/mol. The lowest BCUT2D eigenvalue weighted by Gasteiger charge is -2.21. The number of nitrogens with one attached hydrogen (secondary N) is 1. The molecule has 0 bridgehead atoms. The molecule has 0 aliphatic carbocycles. The van der Waals surface area contributed by atoms with Gasteiger partial charge in [0.15, 0.2) is 0 Å². The van der Waals surface area contributed by atoms with Crippen molar-refractivity contribution in [1.29, 1.82) is 0 Å². The van der Waals surface area contributed by atoms with Gasteiger partial charge in [0.1, 0.15) is 5.82 Å². The molecule has 18 heavy (non-hydrogen) atoms. The van der Waals surface area contributed by atoms with E-state index in [0.717, 1.165) is 0 Å². The number of hydrogen-bond acceptors (Lipinski definition) is 3. The van der Waals surface area contributed by atoms with Crippen molar-refractivity contribution in [1.82, 2.24) is 5.32 Å². The molecule has 0 saturated carbocycles. The number of halogens is 1. The SMILES string of the molecule is COC(=O)CC(NCc1ccccc1F)C(C)C. The van der Waals surface area contributed by atoms with Gasteiger partial charge < -0.3 is 10.1 Å². The second kappa shape index (κ2) is 7.11. The normalized spacial score (nSPS) is 12.5. The number of hydrogen-bond donors (Lipinski definition) is 1. The standard InChI is InChI=1S/C14H20FNO2/c1-10(2)13(8-14(17)18-3)16-9-11-6-4-5-7-12(11)15/h4-7,10,13,16H,8-9H2,1-3H3. The minimum Gasteiger partial charge on any atom is -0.469 e. The van der Waals surface area contributed by atoms with Crippen LogP contribution >= 0.6 is 0 Å². The van der Waals surface area contributed by atoms with Crippen molar-refractivity contribution in [2.24, 2.45) is 5.92 Å². The predicted octanol–water partition coefficient (Wildman–Crippen LogP) is 2.50. The Labute approximate surface area is 107 Å². The van der Waals surface area contributed by atoms with Gasteiger partial charge in [-0.3, -0.25) is 4.79 Å². The maximum Gasteiger partial charge on any atom is 0.307 e. The highest BCUT2D eigenvalue weighted by molar-refractivity contribution is 5.69. The highest BCUT2D eigenvalue weighted by Gasteiger charge is 2.17. The Bertz CT molecular complexity index is 393. The van der Waals surface area contributed by atoms with E-state index in [1.165, 1.54) is 13.2 Å². The van der Waals surface area contributed by atoms with Gasteiger partial charge in [-0.05, 0) is 12.0 Å². The van der Waals surface area contributed by atoms with Crippen LogP contribution < -0.4 is 5.32 Å². The first-order valence-corrected chi connectivity index (χ1v) is 6.08. The Kier molecular flexibility index (Phi) is 5.78. The molecule has 0 saturated heterocycles. The Balaban J connectivity index is 2.57. The van der Waals surface area contributed by atoms with Gasteiger partial charge in [-0.15, -0.1) is 0 Å². The van der Waals surface area contributed by atoms with E-state index in [2.05, 4.69) is 10.1 Å². The van der Waals surface area contributed by atoms with E-state index in [1.54, 1.807) is 18.2 Å². The number of carbonyl (C=O) groups excluding carboxylic acids is 1. The van der Waals surface area contributed by atoms with Gasteiger partial charge in [0.2, 0.25) is 0 Å². The molecule has 4 heteroatoms. The lowest BCUT2D eigenvalue weighted by molar-refractivity contribution is -0.141. The largest absolute Gasteiger partial charge is 0.469 e. The fourth-order valence-corrected chi connectivity index (χ4v) is 1.69. The molecule has 1 N–H and O–H groups in total. The molecule has 0 aromatic heterocycles. The molecule has 1 aromatic rings. The summed E-state index contributed by atoms with van der Waals surface area (Å²) in [7, 11) is 1.37. The maximum atomic E-state index is 13.4. The molecular formula is C14H20FNO2. The van der Waals surface area contributed by atoms with Gasteiger partial charge >= 0.3 is 5.97 Å². The minimum atomic E-state index is -0.255. The molecule has 0 heterocycles. The molecule has 1 rings (SSSR count). The number of benzene rings is 1. The first kappa shape index (κ1) is 14.6. The Morgan fingerprint density at radius 1 is 1.39 bits per heavy atom. The number of rotatable bonds is 6. The summed E-state index contributed by atoms with van der Waals surface area (Å²) in [5, 5.41) is 3.20. The Morgan fingerprint density at radius 3 is 2.61 bits per heavy atom. The van der Waals surface area contributed by atoms with E-state index in [-0.39, 0.29) is 23.7 Å². The van der Waals surface area contributed by atoms with Crippen molar-refractivity contribution >= 4 is 5.97 Å². The fourth-order valence-electron chi connectivity index (χ4n) is 1.69. The van der Waals surface area contributed by atoms with Crippen molar-refractivity contribution in [3.05, 3.63) is 35.6 Å². The summed E-state index contributed by atoms with van der Waals surface area (Å²) in [5.74, 6) is -0.212. The van der Waals surface area contributed by atoms with E-state index in [4.69, 9.17) is 0 Å². The van der Waals surface area contributed by atoms with E-state index < -0.39 is 0 Å². The van der Waals surface area contributed by atoms with Gasteiger partial charge in [0.05, 0.1) is 13.5 Å². The van der Waals surface area contributed by atoms with Crippen LogP contribution in [0.4, 0.5) is 4.39 Å². The van der Waals surface area contributed by atoms with Crippen LogP contribution in [0.15, 0.2) is 24.3 Å². The van der Waals surface area contributed by atoms with E-state index in [9.17, 15) is 9.18 Å². The quantitative estimate of drug-likeness (QED) is 0.792. The van der Waals surface area contributed by atoms with Gasteiger partial charge in [0, 0.05) is 18.2 Å². The summed E-state index contributed by atoms with van der Waals surface area (Å²) in [4.78, 5) is 11.3. The van der Waals surface area contributed by atoms with Crippen LogP contribution in [-0.4, -0.2) is 19.1 Å². The average molecular weight is 253 g/mol. The van der Waals surface area contributed by atoms with Crippen LogP contribution in [0.5, 0.6) is 0 Å².